The van der Waals surface area contributed by atoms with Crippen LogP contribution in [0.4, 0.5) is 11.4 Å². The van der Waals surface area contributed by atoms with E-state index in [2.05, 4.69) is 115 Å². The van der Waals surface area contributed by atoms with Crippen molar-refractivity contribution in [2.24, 2.45) is 5.73 Å². The lowest BCUT2D eigenvalue weighted by molar-refractivity contribution is -0.673. The molecular formula is C26H35N6+. The summed E-state index contributed by atoms with van der Waals surface area (Å²) >= 11 is 0. The van der Waals surface area contributed by atoms with Gasteiger partial charge in [-0.05, 0) is 48.4 Å². The van der Waals surface area contributed by atoms with Crippen LogP contribution >= 0.6 is 0 Å². The molecule has 0 aliphatic carbocycles. The molecule has 6 heteroatoms. The van der Waals surface area contributed by atoms with Crippen LogP contribution in [0.5, 0.6) is 0 Å². The minimum atomic E-state index is 0.0305. The molecule has 168 valence electrons. The third-order valence-electron chi connectivity index (χ3n) is 5.54. The fourth-order valence-electron chi connectivity index (χ4n) is 3.68. The molecule has 0 bridgehead atoms. The molecule has 1 aromatic heterocycles. The van der Waals surface area contributed by atoms with Gasteiger partial charge in [0.25, 0.3) is 0 Å². The number of unbranched alkanes of at least 4 members (excludes halogenated alkanes) is 1. The van der Waals surface area contributed by atoms with E-state index < -0.39 is 0 Å². The molecule has 0 spiro atoms. The Morgan fingerprint density at radius 3 is 2.25 bits per heavy atom. The van der Waals surface area contributed by atoms with Crippen LogP contribution in [0.15, 0.2) is 54.6 Å². The molecule has 0 aliphatic rings. The molecule has 3 rings (SSSR count). The minimum absolute atomic E-state index is 0.0305. The first kappa shape index (κ1) is 23.1. The lowest BCUT2D eigenvalue weighted by Crippen LogP contribution is -2.38. The van der Waals surface area contributed by atoms with E-state index in [1.807, 2.05) is 0 Å². The van der Waals surface area contributed by atoms with Crippen LogP contribution in [0.25, 0.3) is 23.1 Å². The summed E-state index contributed by atoms with van der Waals surface area (Å²) in [6.45, 7) is 1.62. The number of aromatic nitrogens is 1. The molecule has 6 nitrogen and oxygen atoms in total. The van der Waals surface area contributed by atoms with Crippen LogP contribution in [0, 0.1) is 5.41 Å². The van der Waals surface area contributed by atoms with Gasteiger partial charge in [-0.1, -0.05) is 12.1 Å². The van der Waals surface area contributed by atoms with Crippen molar-refractivity contribution in [1.29, 1.82) is 5.41 Å². The third-order valence-corrected chi connectivity index (χ3v) is 5.54. The highest BCUT2D eigenvalue weighted by Crippen LogP contribution is 2.20. The Bertz CT molecular complexity index is 1080. The lowest BCUT2D eigenvalue weighted by Gasteiger charge is -2.13. The number of rotatable bonds is 9. The van der Waals surface area contributed by atoms with Gasteiger partial charge in [-0.3, -0.25) is 5.41 Å². The molecule has 0 unspecified atom stereocenters. The number of nitrogens with one attached hydrogen (secondary N) is 2. The zero-order chi connectivity index (χ0) is 23.1. The van der Waals surface area contributed by atoms with E-state index in [4.69, 9.17) is 11.1 Å². The standard InChI is InChI=1S/C26H35N6/c1-30(2)22-11-7-20(8-12-22)9-13-23-14-10-21-19-24(31(3)4)15-16-25(21)32(23)18-6-5-17-29-26(27)28/h7-16,19H,5-6,17-18H2,1-4H3,(H4,27,28,29)/q+1. The van der Waals surface area contributed by atoms with Crippen LogP contribution in [0.1, 0.15) is 24.1 Å². The molecule has 0 aliphatic heterocycles. The van der Waals surface area contributed by atoms with Crippen molar-refractivity contribution >= 4 is 40.4 Å². The number of guanidine groups is 1. The highest BCUT2D eigenvalue weighted by Gasteiger charge is 2.14. The van der Waals surface area contributed by atoms with Crippen LogP contribution in [0.3, 0.4) is 0 Å². The maximum absolute atomic E-state index is 7.31. The van der Waals surface area contributed by atoms with E-state index in [1.54, 1.807) is 0 Å². The first-order valence-corrected chi connectivity index (χ1v) is 11.0. The molecule has 0 saturated carbocycles. The average molecular weight is 432 g/mol. The molecule has 0 amide bonds. The number of nitrogens with two attached hydrogens (primary N) is 1. The summed E-state index contributed by atoms with van der Waals surface area (Å²) in [5.41, 5.74) is 11.4. The molecule has 32 heavy (non-hydrogen) atoms. The highest BCUT2D eigenvalue weighted by molar-refractivity contribution is 5.81. The summed E-state index contributed by atoms with van der Waals surface area (Å²) in [6, 6.07) is 19.6. The van der Waals surface area contributed by atoms with Crippen molar-refractivity contribution in [1.82, 2.24) is 5.32 Å². The van der Waals surface area contributed by atoms with Crippen molar-refractivity contribution < 1.29 is 4.57 Å². The fourth-order valence-corrected chi connectivity index (χ4v) is 3.68. The van der Waals surface area contributed by atoms with E-state index in [-0.39, 0.29) is 5.96 Å². The van der Waals surface area contributed by atoms with Gasteiger partial charge in [-0.15, -0.1) is 0 Å². The van der Waals surface area contributed by atoms with Crippen LogP contribution < -0.4 is 25.4 Å². The first-order chi connectivity index (χ1) is 15.3. The molecule has 0 atom stereocenters. The molecule has 1 heterocycles. The summed E-state index contributed by atoms with van der Waals surface area (Å²) in [4.78, 5) is 4.23. The molecule has 0 radical (unpaired) electrons. The Labute approximate surface area is 191 Å². The lowest BCUT2D eigenvalue weighted by atomic mass is 10.1. The van der Waals surface area contributed by atoms with Crippen molar-refractivity contribution in [2.75, 3.05) is 44.5 Å². The fraction of sp³-hybridized carbons (Fsp3) is 0.308. The number of nitrogens with zero attached hydrogens (tertiary/aromatic N) is 3. The second-order valence-electron chi connectivity index (χ2n) is 8.41. The summed E-state index contributed by atoms with van der Waals surface area (Å²) < 4.78 is 2.38. The van der Waals surface area contributed by atoms with Crippen LogP contribution in [-0.2, 0) is 6.54 Å². The monoisotopic (exact) mass is 431 g/mol. The van der Waals surface area contributed by atoms with Crippen molar-refractivity contribution in [3.8, 4) is 0 Å². The van der Waals surface area contributed by atoms with Gasteiger partial charge >= 0.3 is 0 Å². The number of anilines is 2. The smallest absolute Gasteiger partial charge is 0.213 e. The summed E-state index contributed by atoms with van der Waals surface area (Å²) in [6.07, 6.45) is 6.31. The second kappa shape index (κ2) is 10.7. The van der Waals surface area contributed by atoms with E-state index >= 15 is 0 Å². The number of hydrogen-bond donors (Lipinski definition) is 3. The molecule has 3 aromatic rings. The number of hydrogen-bond acceptors (Lipinski definition) is 3. The number of benzene rings is 2. The van der Waals surface area contributed by atoms with Crippen LogP contribution in [-0.4, -0.2) is 40.7 Å². The predicted molar refractivity (Wildman–Crippen MR) is 137 cm³/mol. The average Bonchev–Trinajstić information content (AvgIpc) is 2.77. The number of pyridine rings is 1. The minimum Gasteiger partial charge on any atom is -0.378 e. The van der Waals surface area contributed by atoms with Crippen LogP contribution in [0.2, 0.25) is 0 Å². The Kier molecular flexibility index (Phi) is 7.71. The van der Waals surface area contributed by atoms with Gasteiger partial charge in [0.15, 0.2) is 5.96 Å². The summed E-state index contributed by atoms with van der Waals surface area (Å²) in [7, 11) is 8.23. The van der Waals surface area contributed by atoms with E-state index in [9.17, 15) is 0 Å². The van der Waals surface area contributed by atoms with E-state index in [1.165, 1.54) is 33.5 Å². The van der Waals surface area contributed by atoms with E-state index in [0.29, 0.717) is 0 Å². The molecule has 4 N–H and O–H groups in total. The molecule has 0 saturated heterocycles. The van der Waals surface area contributed by atoms with Gasteiger partial charge in [0.05, 0.1) is 0 Å². The second-order valence-corrected chi connectivity index (χ2v) is 8.41. The Balaban J connectivity index is 1.88. The summed E-state index contributed by atoms with van der Waals surface area (Å²) in [5, 5.41) is 11.4. The van der Waals surface area contributed by atoms with E-state index in [0.717, 1.165) is 25.9 Å². The van der Waals surface area contributed by atoms with Gasteiger partial charge in [0, 0.05) is 76.1 Å². The molecule has 0 fully saturated rings. The van der Waals surface area contributed by atoms with Gasteiger partial charge in [-0.2, -0.15) is 4.57 Å². The maximum Gasteiger partial charge on any atom is 0.213 e. The SMILES string of the molecule is CN(C)c1ccc(C=Cc2ccc3cc(N(C)C)ccc3[n+]2CCCCNC(=N)N)cc1. The zero-order valence-corrected chi connectivity index (χ0v) is 19.6. The quantitative estimate of drug-likeness (QED) is 0.209. The van der Waals surface area contributed by atoms with Gasteiger partial charge in [-0.25, -0.2) is 0 Å². The number of fused-ring (bicyclic) bond motifs is 1. The maximum atomic E-state index is 7.31. The Morgan fingerprint density at radius 1 is 0.906 bits per heavy atom. The first-order valence-electron chi connectivity index (χ1n) is 11.0. The third kappa shape index (κ3) is 6.00. The Hall–Kier alpha value is -3.54. The topological polar surface area (TPSA) is 72.3 Å². The normalized spacial score (nSPS) is 11.1. The predicted octanol–water partition coefficient (Wildman–Crippen LogP) is 3.69. The van der Waals surface area contributed by atoms with Gasteiger partial charge in [0.1, 0.15) is 6.54 Å². The molecular weight excluding hydrogens is 396 g/mol. The Morgan fingerprint density at radius 2 is 1.59 bits per heavy atom. The van der Waals surface area contributed by atoms with Gasteiger partial charge < -0.3 is 20.9 Å². The zero-order valence-electron chi connectivity index (χ0n) is 19.6. The summed E-state index contributed by atoms with van der Waals surface area (Å²) in [5.74, 6) is 0.0305. The van der Waals surface area contributed by atoms with Crippen molar-refractivity contribution in [2.45, 2.75) is 19.4 Å². The van der Waals surface area contributed by atoms with Gasteiger partial charge in [0.2, 0.25) is 11.2 Å². The van der Waals surface area contributed by atoms with Crippen molar-refractivity contribution in [3.63, 3.8) is 0 Å². The molecule has 2 aromatic carbocycles. The highest BCUT2D eigenvalue weighted by atomic mass is 15.1. The largest absolute Gasteiger partial charge is 0.378 e. The number of aryl methyl sites for hydroxylation is 1. The van der Waals surface area contributed by atoms with Crippen molar-refractivity contribution in [3.05, 3.63) is 65.9 Å².